The van der Waals surface area contributed by atoms with E-state index in [0.717, 1.165) is 5.56 Å². The van der Waals surface area contributed by atoms with Crippen molar-refractivity contribution >= 4 is 5.97 Å². The van der Waals surface area contributed by atoms with Crippen LogP contribution >= 0.6 is 0 Å². The van der Waals surface area contributed by atoms with Crippen molar-refractivity contribution in [1.82, 2.24) is 4.90 Å². The lowest BCUT2D eigenvalue weighted by Crippen LogP contribution is -2.45. The van der Waals surface area contributed by atoms with Crippen molar-refractivity contribution in [2.75, 3.05) is 6.54 Å². The molecule has 0 aromatic heterocycles. The zero-order valence-corrected chi connectivity index (χ0v) is 11.3. The van der Waals surface area contributed by atoms with Gasteiger partial charge in [0.15, 0.2) is 0 Å². The number of nitrogens with zero attached hydrogens (tertiary/aromatic N) is 1. The van der Waals surface area contributed by atoms with E-state index in [-0.39, 0.29) is 23.9 Å². The fourth-order valence-electron chi connectivity index (χ4n) is 2.11. The van der Waals surface area contributed by atoms with Crippen LogP contribution in [0.1, 0.15) is 39.3 Å². The van der Waals surface area contributed by atoms with E-state index in [4.69, 9.17) is 5.11 Å². The molecule has 0 amide bonds. The first-order chi connectivity index (χ1) is 8.23. The molecule has 0 saturated heterocycles. The fourth-order valence-corrected chi connectivity index (χ4v) is 2.11. The Bertz CT molecular complexity index is 423. The first-order valence-electron chi connectivity index (χ1n) is 6.00. The number of hydrogen-bond donors (Lipinski definition) is 2. The van der Waals surface area contributed by atoms with Gasteiger partial charge in [-0.2, -0.15) is 0 Å². The summed E-state index contributed by atoms with van der Waals surface area (Å²) in [6.07, 6.45) is 0. The van der Waals surface area contributed by atoms with E-state index in [2.05, 4.69) is 0 Å². The SMILES string of the molecule is CC(c1ccccc1O)N(CC(=O)O)C(C)(C)C. The molecule has 0 fully saturated rings. The Hall–Kier alpha value is -1.55. The van der Waals surface area contributed by atoms with E-state index < -0.39 is 5.97 Å². The Morgan fingerprint density at radius 3 is 2.33 bits per heavy atom. The highest BCUT2D eigenvalue weighted by Gasteiger charge is 2.30. The molecule has 0 bridgehead atoms. The highest BCUT2D eigenvalue weighted by atomic mass is 16.4. The molecule has 0 radical (unpaired) electrons. The third-order valence-corrected chi connectivity index (χ3v) is 3.02. The average molecular weight is 251 g/mol. The lowest BCUT2D eigenvalue weighted by molar-refractivity contribution is -0.140. The molecule has 0 aliphatic carbocycles. The van der Waals surface area contributed by atoms with Crippen molar-refractivity contribution in [3.8, 4) is 5.75 Å². The number of carbonyl (C=O) groups is 1. The number of rotatable bonds is 4. The molecule has 0 saturated carbocycles. The molecular formula is C14H21NO3. The normalized spacial score (nSPS) is 13.6. The first-order valence-corrected chi connectivity index (χ1v) is 6.00. The molecule has 0 heterocycles. The van der Waals surface area contributed by atoms with Gasteiger partial charge in [0.05, 0.1) is 6.54 Å². The Balaban J connectivity index is 3.07. The predicted molar refractivity (Wildman–Crippen MR) is 70.6 cm³/mol. The highest BCUT2D eigenvalue weighted by Crippen LogP contribution is 2.32. The van der Waals surface area contributed by atoms with Crippen LogP contribution in [0.2, 0.25) is 0 Å². The van der Waals surface area contributed by atoms with E-state index in [0.29, 0.717) is 0 Å². The van der Waals surface area contributed by atoms with Crippen molar-refractivity contribution in [3.63, 3.8) is 0 Å². The van der Waals surface area contributed by atoms with Gasteiger partial charge in [-0.15, -0.1) is 0 Å². The summed E-state index contributed by atoms with van der Waals surface area (Å²) in [4.78, 5) is 12.8. The summed E-state index contributed by atoms with van der Waals surface area (Å²) in [6.45, 7) is 7.74. The van der Waals surface area contributed by atoms with Crippen LogP contribution in [0.15, 0.2) is 24.3 Å². The minimum absolute atomic E-state index is 0.0565. The molecule has 0 spiro atoms. The summed E-state index contributed by atoms with van der Waals surface area (Å²) in [6, 6.07) is 6.87. The summed E-state index contributed by atoms with van der Waals surface area (Å²) < 4.78 is 0. The van der Waals surface area contributed by atoms with Crippen molar-refractivity contribution in [1.29, 1.82) is 0 Å². The first kappa shape index (κ1) is 14.5. The molecule has 1 unspecified atom stereocenters. The Morgan fingerprint density at radius 2 is 1.89 bits per heavy atom. The standard InChI is InChI=1S/C14H21NO3/c1-10(11-7-5-6-8-12(11)16)15(9-13(17)18)14(2,3)4/h5-8,10,16H,9H2,1-4H3,(H,17,18). The topological polar surface area (TPSA) is 60.8 Å². The Kier molecular flexibility index (Phi) is 4.35. The van der Waals surface area contributed by atoms with Crippen molar-refractivity contribution in [2.24, 2.45) is 0 Å². The highest BCUT2D eigenvalue weighted by molar-refractivity contribution is 5.69. The number of hydrogen-bond acceptors (Lipinski definition) is 3. The van der Waals surface area contributed by atoms with Crippen LogP contribution in [0, 0.1) is 0 Å². The van der Waals surface area contributed by atoms with E-state index in [9.17, 15) is 9.90 Å². The van der Waals surface area contributed by atoms with Gasteiger partial charge in [0.1, 0.15) is 5.75 Å². The number of carboxylic acids is 1. The van der Waals surface area contributed by atoms with Crippen LogP contribution in [0.4, 0.5) is 0 Å². The van der Waals surface area contributed by atoms with E-state index in [1.807, 2.05) is 44.7 Å². The second kappa shape index (κ2) is 5.40. The number of para-hydroxylation sites is 1. The van der Waals surface area contributed by atoms with E-state index in [1.165, 1.54) is 0 Å². The zero-order valence-electron chi connectivity index (χ0n) is 11.3. The lowest BCUT2D eigenvalue weighted by Gasteiger charge is -2.39. The van der Waals surface area contributed by atoms with Gasteiger partial charge in [-0.1, -0.05) is 18.2 Å². The summed E-state index contributed by atoms with van der Waals surface area (Å²) in [5.74, 6) is -0.670. The van der Waals surface area contributed by atoms with Gasteiger partial charge in [-0.05, 0) is 33.8 Å². The molecule has 18 heavy (non-hydrogen) atoms. The van der Waals surface area contributed by atoms with E-state index in [1.54, 1.807) is 12.1 Å². The van der Waals surface area contributed by atoms with Gasteiger partial charge in [0, 0.05) is 17.1 Å². The van der Waals surface area contributed by atoms with Gasteiger partial charge in [-0.25, -0.2) is 0 Å². The molecule has 0 aliphatic heterocycles. The van der Waals surface area contributed by atoms with Crippen molar-refractivity contribution in [2.45, 2.75) is 39.3 Å². The Labute approximate surface area is 108 Å². The number of benzene rings is 1. The van der Waals surface area contributed by atoms with Crippen LogP contribution in [0.3, 0.4) is 0 Å². The minimum atomic E-state index is -0.868. The predicted octanol–water partition coefficient (Wildman–Crippen LogP) is 2.64. The second-order valence-corrected chi connectivity index (χ2v) is 5.43. The third-order valence-electron chi connectivity index (χ3n) is 3.02. The van der Waals surface area contributed by atoms with Crippen LogP contribution in [-0.2, 0) is 4.79 Å². The smallest absolute Gasteiger partial charge is 0.317 e. The molecule has 1 aromatic carbocycles. The molecule has 100 valence electrons. The number of carboxylic acid groups (broad SMARTS) is 1. The maximum Gasteiger partial charge on any atom is 0.317 e. The Morgan fingerprint density at radius 1 is 1.33 bits per heavy atom. The molecule has 1 aromatic rings. The molecule has 1 atom stereocenters. The number of phenols is 1. The molecule has 2 N–H and O–H groups in total. The monoisotopic (exact) mass is 251 g/mol. The molecule has 0 aliphatic rings. The summed E-state index contributed by atoms with van der Waals surface area (Å²) in [5.41, 5.74) is 0.453. The zero-order chi connectivity index (χ0) is 13.9. The van der Waals surface area contributed by atoms with E-state index >= 15 is 0 Å². The molecule has 4 nitrogen and oxygen atoms in total. The number of aliphatic carboxylic acids is 1. The fraction of sp³-hybridized carbons (Fsp3) is 0.500. The van der Waals surface area contributed by atoms with Crippen molar-refractivity contribution in [3.05, 3.63) is 29.8 Å². The summed E-state index contributed by atoms with van der Waals surface area (Å²) in [5, 5.41) is 18.9. The summed E-state index contributed by atoms with van der Waals surface area (Å²) >= 11 is 0. The van der Waals surface area contributed by atoms with Crippen LogP contribution in [0.25, 0.3) is 0 Å². The molecule has 1 rings (SSSR count). The maximum absolute atomic E-state index is 11.0. The summed E-state index contributed by atoms with van der Waals surface area (Å²) in [7, 11) is 0. The maximum atomic E-state index is 11.0. The molecule has 4 heteroatoms. The number of phenolic OH excluding ortho intramolecular Hbond substituents is 1. The van der Waals surface area contributed by atoms with Crippen LogP contribution < -0.4 is 0 Å². The van der Waals surface area contributed by atoms with Gasteiger partial charge in [-0.3, -0.25) is 9.69 Å². The second-order valence-electron chi connectivity index (χ2n) is 5.43. The third kappa shape index (κ3) is 3.47. The van der Waals surface area contributed by atoms with Gasteiger partial charge in [0.2, 0.25) is 0 Å². The minimum Gasteiger partial charge on any atom is -0.508 e. The average Bonchev–Trinajstić information content (AvgIpc) is 2.24. The van der Waals surface area contributed by atoms with Gasteiger partial charge < -0.3 is 10.2 Å². The van der Waals surface area contributed by atoms with Crippen molar-refractivity contribution < 1.29 is 15.0 Å². The molecular weight excluding hydrogens is 230 g/mol. The number of aromatic hydroxyl groups is 1. The van der Waals surface area contributed by atoms with Crippen LogP contribution in [-0.4, -0.2) is 33.2 Å². The van der Waals surface area contributed by atoms with Crippen LogP contribution in [0.5, 0.6) is 5.75 Å². The van der Waals surface area contributed by atoms with Gasteiger partial charge in [0.25, 0.3) is 0 Å². The lowest BCUT2D eigenvalue weighted by atomic mass is 9.98. The largest absolute Gasteiger partial charge is 0.508 e. The quantitative estimate of drug-likeness (QED) is 0.863. The van der Waals surface area contributed by atoms with Gasteiger partial charge >= 0.3 is 5.97 Å².